The summed E-state index contributed by atoms with van der Waals surface area (Å²) in [5, 5.41) is 10.6. The van der Waals surface area contributed by atoms with Crippen LogP contribution in [0.5, 0.6) is 0 Å². The highest BCUT2D eigenvalue weighted by Crippen LogP contribution is 2.29. The van der Waals surface area contributed by atoms with Crippen molar-refractivity contribution < 1.29 is 5.11 Å². The molecule has 0 heterocycles. The van der Waals surface area contributed by atoms with Crippen LogP contribution in [0.25, 0.3) is 0 Å². The minimum atomic E-state index is -1.42. The van der Waals surface area contributed by atoms with Gasteiger partial charge >= 0.3 is 0 Å². The summed E-state index contributed by atoms with van der Waals surface area (Å²) >= 11 is 0. The van der Waals surface area contributed by atoms with E-state index in [0.29, 0.717) is 6.42 Å². The summed E-state index contributed by atoms with van der Waals surface area (Å²) in [7, 11) is -2.71. The van der Waals surface area contributed by atoms with Gasteiger partial charge < -0.3 is 5.11 Å². The van der Waals surface area contributed by atoms with Gasteiger partial charge in [-0.05, 0) is 12.8 Å². The lowest BCUT2D eigenvalue weighted by atomic mass is 9.84. The third kappa shape index (κ3) is 7.15. The molecule has 1 rings (SSSR count). The molecule has 1 atom stereocenters. The van der Waals surface area contributed by atoms with E-state index >= 15 is 0 Å². The lowest BCUT2D eigenvalue weighted by Gasteiger charge is -2.27. The molecule has 0 fully saturated rings. The Morgan fingerprint density at radius 2 is 1.70 bits per heavy atom. The van der Waals surface area contributed by atoms with E-state index in [4.69, 9.17) is 0 Å². The van der Waals surface area contributed by atoms with Gasteiger partial charge in [0, 0.05) is 12.8 Å². The van der Waals surface area contributed by atoms with Crippen LogP contribution in [0.2, 0.25) is 39.3 Å². The molecular weight excluding hydrogens is 276 g/mol. The Bertz CT molecular complexity index is 498. The van der Waals surface area contributed by atoms with E-state index in [-0.39, 0.29) is 0 Å². The van der Waals surface area contributed by atoms with Crippen LogP contribution in [0.1, 0.15) is 25.7 Å². The van der Waals surface area contributed by atoms with Crippen molar-refractivity contribution in [1.29, 1.82) is 0 Å². The Kier molecular flexibility index (Phi) is 5.49. The standard InChI is InChI=1S/C17H28OSi2/c1-19(2,3)13-8-10-16-9-7-11-17(18,15-16)12-14-20(4,5)6/h9,18H,7,10-11,15H2,1-6H3. The fraction of sp³-hybridized carbons (Fsp3) is 0.647. The molecule has 20 heavy (non-hydrogen) atoms. The number of rotatable bonds is 1. The van der Waals surface area contributed by atoms with E-state index in [1.54, 1.807) is 0 Å². The van der Waals surface area contributed by atoms with Gasteiger partial charge in [-0.2, -0.15) is 0 Å². The van der Waals surface area contributed by atoms with Crippen LogP contribution >= 0.6 is 0 Å². The first-order valence-corrected chi connectivity index (χ1v) is 14.4. The molecule has 0 aromatic rings. The van der Waals surface area contributed by atoms with Gasteiger partial charge in [0.2, 0.25) is 0 Å². The molecular formula is C17H28OSi2. The molecule has 1 nitrogen and oxygen atoms in total. The maximum absolute atomic E-state index is 10.6. The van der Waals surface area contributed by atoms with Crippen molar-refractivity contribution in [3.63, 3.8) is 0 Å². The molecule has 0 aromatic carbocycles. The Morgan fingerprint density at radius 3 is 2.25 bits per heavy atom. The van der Waals surface area contributed by atoms with E-state index in [2.05, 4.69) is 68.3 Å². The van der Waals surface area contributed by atoms with E-state index in [1.807, 2.05) is 0 Å². The van der Waals surface area contributed by atoms with Gasteiger partial charge in [0.15, 0.2) is 0 Å². The summed E-state index contributed by atoms with van der Waals surface area (Å²) in [4.78, 5) is 0. The Hall–Kier alpha value is -0.746. The predicted octanol–water partition coefficient (Wildman–Crippen LogP) is 3.98. The molecule has 0 spiro atoms. The zero-order valence-electron chi connectivity index (χ0n) is 13.9. The molecule has 0 saturated carbocycles. The third-order valence-electron chi connectivity index (χ3n) is 2.96. The molecule has 0 aromatic heterocycles. The van der Waals surface area contributed by atoms with Crippen molar-refractivity contribution in [1.82, 2.24) is 0 Å². The summed E-state index contributed by atoms with van der Waals surface area (Å²) in [6, 6.07) is 0. The third-order valence-corrected chi connectivity index (χ3v) is 4.76. The summed E-state index contributed by atoms with van der Waals surface area (Å²) in [6.07, 6.45) is 5.38. The zero-order chi connectivity index (χ0) is 15.4. The van der Waals surface area contributed by atoms with Crippen LogP contribution in [-0.4, -0.2) is 26.9 Å². The lowest BCUT2D eigenvalue weighted by molar-refractivity contribution is 0.0877. The second kappa shape index (κ2) is 6.35. The minimum Gasteiger partial charge on any atom is -0.377 e. The molecule has 1 aliphatic carbocycles. The molecule has 0 amide bonds. The molecule has 1 unspecified atom stereocenters. The first-order chi connectivity index (χ1) is 8.99. The molecule has 3 heteroatoms. The summed E-state index contributed by atoms with van der Waals surface area (Å²) < 4.78 is 0. The highest BCUT2D eigenvalue weighted by atomic mass is 28.3. The molecule has 0 bridgehead atoms. The molecule has 1 aliphatic rings. The van der Waals surface area contributed by atoms with E-state index in [1.165, 1.54) is 5.57 Å². The molecule has 110 valence electrons. The van der Waals surface area contributed by atoms with Gasteiger partial charge in [0.1, 0.15) is 21.7 Å². The second-order valence-electron chi connectivity index (χ2n) is 7.84. The normalized spacial score (nSPS) is 23.1. The van der Waals surface area contributed by atoms with Gasteiger partial charge in [-0.3, -0.25) is 0 Å². The first kappa shape index (κ1) is 17.3. The van der Waals surface area contributed by atoms with Gasteiger partial charge in [-0.15, -0.1) is 17.0 Å². The SMILES string of the molecule is C[Si](C)(C)C#CCC1=CCCC(O)(C#C[Si](C)(C)C)C1. The molecule has 0 aliphatic heterocycles. The van der Waals surface area contributed by atoms with E-state index in [9.17, 15) is 5.11 Å². The predicted molar refractivity (Wildman–Crippen MR) is 93.7 cm³/mol. The van der Waals surface area contributed by atoms with Gasteiger partial charge in [0.25, 0.3) is 0 Å². The van der Waals surface area contributed by atoms with E-state index in [0.717, 1.165) is 19.3 Å². The van der Waals surface area contributed by atoms with Crippen LogP contribution in [0.15, 0.2) is 11.6 Å². The van der Waals surface area contributed by atoms with Crippen molar-refractivity contribution in [2.45, 2.75) is 70.6 Å². The summed E-state index contributed by atoms with van der Waals surface area (Å²) in [5.74, 6) is 6.46. The van der Waals surface area contributed by atoms with Crippen LogP contribution in [0, 0.1) is 22.9 Å². The Morgan fingerprint density at radius 1 is 1.10 bits per heavy atom. The smallest absolute Gasteiger partial charge is 0.129 e. The fourth-order valence-corrected chi connectivity index (χ4v) is 3.25. The average molecular weight is 305 g/mol. The van der Waals surface area contributed by atoms with Crippen molar-refractivity contribution >= 4 is 16.1 Å². The van der Waals surface area contributed by atoms with Crippen molar-refractivity contribution in [2.75, 3.05) is 0 Å². The average Bonchev–Trinajstić information content (AvgIpc) is 2.24. The summed E-state index contributed by atoms with van der Waals surface area (Å²) in [5.41, 5.74) is 7.15. The maximum atomic E-state index is 10.6. The van der Waals surface area contributed by atoms with Crippen molar-refractivity contribution in [3.8, 4) is 22.9 Å². The number of aliphatic hydroxyl groups is 1. The fourth-order valence-electron chi connectivity index (χ4n) is 2.02. The van der Waals surface area contributed by atoms with E-state index < -0.39 is 21.7 Å². The highest BCUT2D eigenvalue weighted by Gasteiger charge is 2.28. The van der Waals surface area contributed by atoms with Crippen molar-refractivity contribution in [3.05, 3.63) is 11.6 Å². The Balaban J connectivity index is 2.72. The van der Waals surface area contributed by atoms with Gasteiger partial charge in [0.05, 0.1) is 0 Å². The molecule has 0 saturated heterocycles. The van der Waals surface area contributed by atoms with Crippen LogP contribution < -0.4 is 0 Å². The van der Waals surface area contributed by atoms with Crippen molar-refractivity contribution in [2.24, 2.45) is 0 Å². The monoisotopic (exact) mass is 304 g/mol. The maximum Gasteiger partial charge on any atom is 0.129 e. The highest BCUT2D eigenvalue weighted by molar-refractivity contribution is 6.84. The van der Waals surface area contributed by atoms with Crippen LogP contribution in [0.4, 0.5) is 0 Å². The second-order valence-corrected chi connectivity index (χ2v) is 17.3. The number of hydrogen-bond acceptors (Lipinski definition) is 1. The lowest BCUT2D eigenvalue weighted by Crippen LogP contribution is -2.31. The molecule has 1 N–H and O–H groups in total. The Labute approximate surface area is 126 Å². The topological polar surface area (TPSA) is 20.2 Å². The summed E-state index contributed by atoms with van der Waals surface area (Å²) in [6.45, 7) is 13.4. The number of hydrogen-bond donors (Lipinski definition) is 1. The van der Waals surface area contributed by atoms with Crippen LogP contribution in [0.3, 0.4) is 0 Å². The number of allylic oxidation sites excluding steroid dienone is 1. The zero-order valence-corrected chi connectivity index (χ0v) is 15.9. The minimum absolute atomic E-state index is 0.671. The first-order valence-electron chi connectivity index (χ1n) is 7.44. The quantitative estimate of drug-likeness (QED) is 0.441. The van der Waals surface area contributed by atoms with Gasteiger partial charge in [-0.25, -0.2) is 0 Å². The largest absolute Gasteiger partial charge is 0.377 e. The molecule has 0 radical (unpaired) electrons. The van der Waals surface area contributed by atoms with Crippen LogP contribution in [-0.2, 0) is 0 Å². The van der Waals surface area contributed by atoms with Gasteiger partial charge in [-0.1, -0.05) is 56.9 Å².